The van der Waals surface area contributed by atoms with Crippen LogP contribution in [0.25, 0.3) is 0 Å². The summed E-state index contributed by atoms with van der Waals surface area (Å²) in [4.78, 5) is 16.2. The van der Waals surface area contributed by atoms with Gasteiger partial charge in [-0.05, 0) is 23.6 Å². The summed E-state index contributed by atoms with van der Waals surface area (Å²) in [5.74, 6) is -0.399. The molecule has 4 nitrogen and oxygen atoms in total. The van der Waals surface area contributed by atoms with Crippen LogP contribution in [0.15, 0.2) is 35.8 Å². The van der Waals surface area contributed by atoms with E-state index in [9.17, 15) is 18.0 Å². The number of hydrogen-bond donors (Lipinski definition) is 2. The molecule has 0 fully saturated rings. The van der Waals surface area contributed by atoms with E-state index < -0.39 is 11.7 Å². The van der Waals surface area contributed by atoms with Crippen molar-refractivity contribution in [3.8, 4) is 0 Å². The third-order valence-electron chi connectivity index (χ3n) is 2.77. The van der Waals surface area contributed by atoms with Crippen molar-refractivity contribution >= 4 is 23.1 Å². The molecule has 8 heteroatoms. The van der Waals surface area contributed by atoms with E-state index in [0.29, 0.717) is 0 Å². The van der Waals surface area contributed by atoms with Crippen LogP contribution in [0.5, 0.6) is 0 Å². The van der Waals surface area contributed by atoms with Gasteiger partial charge in [0.1, 0.15) is 5.82 Å². The van der Waals surface area contributed by atoms with Crippen molar-refractivity contribution in [2.75, 3.05) is 18.4 Å². The monoisotopic (exact) mass is 329 g/mol. The molecule has 2 rings (SSSR count). The molecule has 2 aromatic heterocycles. The molecular formula is C14H14F3N3OS. The van der Waals surface area contributed by atoms with Crippen molar-refractivity contribution < 1.29 is 18.0 Å². The molecular weight excluding hydrogens is 315 g/mol. The van der Waals surface area contributed by atoms with Crippen LogP contribution in [0.4, 0.5) is 19.0 Å². The molecule has 2 aromatic rings. The SMILES string of the molecule is O=C(Cc1cccs1)NCCNc1ncccc1C(F)(F)F. The first-order valence-corrected chi connectivity index (χ1v) is 7.40. The summed E-state index contributed by atoms with van der Waals surface area (Å²) < 4.78 is 38.2. The fourth-order valence-electron chi connectivity index (χ4n) is 1.79. The summed E-state index contributed by atoms with van der Waals surface area (Å²) >= 11 is 1.48. The maximum Gasteiger partial charge on any atom is 0.419 e. The average molecular weight is 329 g/mol. The number of pyridine rings is 1. The van der Waals surface area contributed by atoms with Gasteiger partial charge in [0.2, 0.25) is 5.91 Å². The maximum absolute atomic E-state index is 12.7. The maximum atomic E-state index is 12.7. The van der Waals surface area contributed by atoms with Crippen molar-refractivity contribution in [3.63, 3.8) is 0 Å². The molecule has 0 atom stereocenters. The first kappa shape index (κ1) is 16.3. The highest BCUT2D eigenvalue weighted by molar-refractivity contribution is 7.10. The topological polar surface area (TPSA) is 54.0 Å². The molecule has 0 bridgehead atoms. The number of anilines is 1. The van der Waals surface area contributed by atoms with Gasteiger partial charge < -0.3 is 10.6 Å². The lowest BCUT2D eigenvalue weighted by Gasteiger charge is -2.13. The zero-order valence-corrected chi connectivity index (χ0v) is 12.3. The van der Waals surface area contributed by atoms with Crippen LogP contribution in [0.1, 0.15) is 10.4 Å². The van der Waals surface area contributed by atoms with Gasteiger partial charge in [-0.25, -0.2) is 4.98 Å². The van der Waals surface area contributed by atoms with Crippen LogP contribution in [-0.2, 0) is 17.4 Å². The van der Waals surface area contributed by atoms with Gasteiger partial charge in [0.25, 0.3) is 0 Å². The van der Waals surface area contributed by atoms with Crippen molar-refractivity contribution in [1.29, 1.82) is 0 Å². The van der Waals surface area contributed by atoms with Crippen LogP contribution in [0.2, 0.25) is 0 Å². The normalized spacial score (nSPS) is 11.2. The van der Waals surface area contributed by atoms with E-state index in [2.05, 4.69) is 15.6 Å². The second-order valence-electron chi connectivity index (χ2n) is 4.43. The molecule has 0 aromatic carbocycles. The van der Waals surface area contributed by atoms with Crippen molar-refractivity contribution in [2.24, 2.45) is 0 Å². The summed E-state index contributed by atoms with van der Waals surface area (Å²) in [6.07, 6.45) is -2.90. The molecule has 0 aliphatic heterocycles. The van der Waals surface area contributed by atoms with Crippen molar-refractivity contribution in [2.45, 2.75) is 12.6 Å². The predicted octanol–water partition coefficient (Wildman–Crippen LogP) is 2.93. The summed E-state index contributed by atoms with van der Waals surface area (Å²) in [5.41, 5.74) is -0.820. The minimum atomic E-state index is -4.46. The number of thiophene rings is 1. The molecule has 0 aliphatic carbocycles. The minimum absolute atomic E-state index is 0.163. The smallest absolute Gasteiger partial charge is 0.368 e. The Labute approximate surface area is 129 Å². The Morgan fingerprint density at radius 1 is 1.23 bits per heavy atom. The number of hydrogen-bond acceptors (Lipinski definition) is 4. The lowest BCUT2D eigenvalue weighted by atomic mass is 10.2. The Bertz CT molecular complexity index is 614. The second-order valence-corrected chi connectivity index (χ2v) is 5.46. The van der Waals surface area contributed by atoms with Gasteiger partial charge in [-0.3, -0.25) is 4.79 Å². The van der Waals surface area contributed by atoms with Crippen LogP contribution in [0, 0.1) is 0 Å². The van der Waals surface area contributed by atoms with E-state index in [4.69, 9.17) is 0 Å². The largest absolute Gasteiger partial charge is 0.419 e. The predicted molar refractivity (Wildman–Crippen MR) is 78.8 cm³/mol. The Kier molecular flexibility index (Phi) is 5.37. The van der Waals surface area contributed by atoms with E-state index >= 15 is 0 Å². The molecule has 0 saturated carbocycles. The summed E-state index contributed by atoms with van der Waals surface area (Å²) in [6.45, 7) is 0.383. The van der Waals surface area contributed by atoms with E-state index in [-0.39, 0.29) is 31.2 Å². The Balaban J connectivity index is 1.78. The Morgan fingerprint density at radius 2 is 2.05 bits per heavy atom. The van der Waals surface area contributed by atoms with Gasteiger partial charge in [0.15, 0.2) is 0 Å². The standard InChI is InChI=1S/C14H14F3N3OS/c15-14(16,17)11-4-1-5-19-13(11)20-7-6-18-12(21)9-10-3-2-8-22-10/h1-5,8H,6-7,9H2,(H,18,21)(H,19,20). The van der Waals surface area contributed by atoms with Gasteiger partial charge >= 0.3 is 6.18 Å². The van der Waals surface area contributed by atoms with Gasteiger partial charge in [0.05, 0.1) is 12.0 Å². The molecule has 0 aliphatic rings. The molecule has 2 N–H and O–H groups in total. The lowest BCUT2D eigenvalue weighted by Crippen LogP contribution is -2.30. The van der Waals surface area contributed by atoms with Crippen molar-refractivity contribution in [1.82, 2.24) is 10.3 Å². The lowest BCUT2D eigenvalue weighted by molar-refractivity contribution is -0.137. The summed E-state index contributed by atoms with van der Waals surface area (Å²) in [7, 11) is 0. The summed E-state index contributed by atoms with van der Waals surface area (Å²) in [5, 5.41) is 7.12. The fourth-order valence-corrected chi connectivity index (χ4v) is 2.50. The zero-order chi connectivity index (χ0) is 16.0. The number of carbonyl (C=O) groups excluding carboxylic acids is 1. The fraction of sp³-hybridized carbons (Fsp3) is 0.286. The number of amides is 1. The van der Waals surface area contributed by atoms with E-state index in [1.165, 1.54) is 23.6 Å². The van der Waals surface area contributed by atoms with Crippen LogP contribution in [-0.4, -0.2) is 24.0 Å². The number of halogens is 3. The van der Waals surface area contributed by atoms with E-state index in [1.807, 2.05) is 17.5 Å². The second kappa shape index (κ2) is 7.26. The van der Waals surface area contributed by atoms with E-state index in [0.717, 1.165) is 10.9 Å². The highest BCUT2D eigenvalue weighted by Crippen LogP contribution is 2.33. The quantitative estimate of drug-likeness (QED) is 0.801. The van der Waals surface area contributed by atoms with Crippen LogP contribution < -0.4 is 10.6 Å². The first-order valence-electron chi connectivity index (χ1n) is 6.52. The molecule has 0 unspecified atom stereocenters. The van der Waals surface area contributed by atoms with Crippen molar-refractivity contribution in [3.05, 3.63) is 46.3 Å². The number of rotatable bonds is 6. The van der Waals surface area contributed by atoms with Gasteiger partial charge in [-0.1, -0.05) is 6.07 Å². The number of alkyl halides is 3. The minimum Gasteiger partial charge on any atom is -0.368 e. The van der Waals surface area contributed by atoms with E-state index in [1.54, 1.807) is 0 Å². The Morgan fingerprint density at radius 3 is 2.73 bits per heavy atom. The molecule has 1 amide bonds. The third-order valence-corrected chi connectivity index (χ3v) is 3.64. The molecule has 118 valence electrons. The van der Waals surface area contributed by atoms with Crippen LogP contribution in [0.3, 0.4) is 0 Å². The highest BCUT2D eigenvalue weighted by Gasteiger charge is 2.33. The highest BCUT2D eigenvalue weighted by atomic mass is 32.1. The number of nitrogens with zero attached hydrogens (tertiary/aromatic N) is 1. The first-order chi connectivity index (χ1) is 10.5. The molecule has 22 heavy (non-hydrogen) atoms. The molecule has 0 spiro atoms. The zero-order valence-electron chi connectivity index (χ0n) is 11.5. The van der Waals surface area contributed by atoms with Gasteiger partial charge in [0, 0.05) is 24.2 Å². The van der Waals surface area contributed by atoms with Crippen LogP contribution >= 0.6 is 11.3 Å². The average Bonchev–Trinajstić information content (AvgIpc) is 2.96. The molecule has 0 saturated heterocycles. The number of nitrogens with one attached hydrogen (secondary N) is 2. The number of aromatic nitrogens is 1. The molecule has 2 heterocycles. The summed E-state index contributed by atoms with van der Waals surface area (Å²) in [6, 6.07) is 5.90. The van der Waals surface area contributed by atoms with Gasteiger partial charge in [-0.15, -0.1) is 11.3 Å². The Hall–Kier alpha value is -2.09. The number of carbonyl (C=O) groups is 1. The van der Waals surface area contributed by atoms with Gasteiger partial charge in [-0.2, -0.15) is 13.2 Å². The molecule has 0 radical (unpaired) electrons. The third kappa shape index (κ3) is 4.73.